The highest BCUT2D eigenvalue weighted by Crippen LogP contribution is 2.57. The van der Waals surface area contributed by atoms with Crippen LogP contribution in [0.15, 0.2) is 29.7 Å². The third-order valence-electron chi connectivity index (χ3n) is 3.46. The minimum Gasteiger partial charge on any atom is -0.387 e. The van der Waals surface area contributed by atoms with Crippen LogP contribution in [-0.2, 0) is 27.4 Å². The molecule has 0 aliphatic carbocycles. The van der Waals surface area contributed by atoms with Gasteiger partial charge in [0.1, 0.15) is 24.1 Å². The quantitative estimate of drug-likeness (QED) is 0.226. The minimum atomic E-state index is -5.30. The van der Waals surface area contributed by atoms with Gasteiger partial charge in [-0.1, -0.05) is 6.08 Å². The van der Waals surface area contributed by atoms with E-state index in [0.717, 1.165) is 4.57 Å². The third kappa shape index (κ3) is 6.03. The summed E-state index contributed by atoms with van der Waals surface area (Å²) in [5.41, 5.74) is 4.62. The van der Waals surface area contributed by atoms with Gasteiger partial charge < -0.3 is 35.0 Å². The third-order valence-corrected chi connectivity index (χ3v) is 5.61. The number of anilines is 1. The first-order valence-electron chi connectivity index (χ1n) is 7.58. The summed E-state index contributed by atoms with van der Waals surface area (Å²) in [5, 5.41) is 10.4. The normalized spacial score (nSPS) is 27.4. The maximum Gasteiger partial charge on any atom is 0.481 e. The summed E-state index contributed by atoms with van der Waals surface area (Å²) >= 11 is 0. The Morgan fingerprint density at radius 2 is 2.07 bits per heavy atom. The maximum atomic E-state index is 12.0. The molecule has 1 aromatic rings. The summed E-state index contributed by atoms with van der Waals surface area (Å²) in [4.78, 5) is 42.1. The largest absolute Gasteiger partial charge is 0.481 e. The van der Waals surface area contributed by atoms with Crippen LogP contribution in [0, 0.1) is 0 Å². The highest BCUT2D eigenvalue weighted by Gasteiger charge is 2.47. The lowest BCUT2D eigenvalue weighted by atomic mass is 10.1. The predicted octanol–water partition coefficient (Wildman–Crippen LogP) is -1.12. The molecule has 1 saturated heterocycles. The molecular weight excluding hydrogens is 424 g/mol. The number of nitrogens with zero attached hydrogens (tertiary/aromatic N) is 2. The van der Waals surface area contributed by atoms with Gasteiger partial charge in [0.15, 0.2) is 6.23 Å². The number of nitrogens with two attached hydrogens (primary N) is 1. The molecule has 2 heterocycles. The molecule has 14 nitrogen and oxygen atoms in total. The molecule has 0 spiro atoms. The van der Waals surface area contributed by atoms with Crippen molar-refractivity contribution in [3.8, 4) is 0 Å². The van der Waals surface area contributed by atoms with E-state index in [1.54, 1.807) is 0 Å². The molecule has 0 bridgehead atoms. The molecule has 1 aromatic heterocycles. The van der Waals surface area contributed by atoms with Crippen molar-refractivity contribution in [2.24, 2.45) is 0 Å². The van der Waals surface area contributed by atoms with Gasteiger partial charge in [0, 0.05) is 6.20 Å². The second-order valence-corrected chi connectivity index (χ2v) is 8.35. The van der Waals surface area contributed by atoms with E-state index < -0.39 is 52.5 Å². The molecule has 0 saturated carbocycles. The molecule has 1 aliphatic heterocycles. The molecule has 0 amide bonds. The number of aliphatic hydroxyl groups is 1. The molecule has 0 radical (unpaired) electrons. The molecule has 16 heteroatoms. The van der Waals surface area contributed by atoms with E-state index in [0.29, 0.717) is 0 Å². The van der Waals surface area contributed by atoms with Gasteiger partial charge in [0.05, 0.1) is 13.2 Å². The zero-order valence-corrected chi connectivity index (χ0v) is 16.0. The van der Waals surface area contributed by atoms with E-state index in [1.807, 2.05) is 0 Å². The van der Waals surface area contributed by atoms with Crippen LogP contribution in [0.5, 0.6) is 0 Å². The Labute approximate surface area is 158 Å². The van der Waals surface area contributed by atoms with E-state index in [2.05, 4.69) is 20.4 Å². The zero-order chi connectivity index (χ0) is 21.1. The van der Waals surface area contributed by atoms with Crippen LogP contribution in [0.25, 0.3) is 0 Å². The lowest BCUT2D eigenvalue weighted by Gasteiger charge is -2.21. The summed E-state index contributed by atoms with van der Waals surface area (Å²) in [6.07, 6.45) is -2.47. The molecule has 0 aromatic carbocycles. The van der Waals surface area contributed by atoms with Gasteiger partial charge in [-0.3, -0.25) is 9.09 Å². The van der Waals surface area contributed by atoms with Crippen LogP contribution < -0.4 is 11.4 Å². The van der Waals surface area contributed by atoms with Crippen molar-refractivity contribution >= 4 is 21.5 Å². The Balaban J connectivity index is 2.19. The average Bonchev–Trinajstić information content (AvgIpc) is 2.85. The van der Waals surface area contributed by atoms with Crippen LogP contribution in [0.2, 0.25) is 0 Å². The van der Waals surface area contributed by atoms with Gasteiger partial charge in [0.25, 0.3) is 0 Å². The van der Waals surface area contributed by atoms with Crippen molar-refractivity contribution in [1.82, 2.24) is 9.55 Å². The summed E-state index contributed by atoms with van der Waals surface area (Å²) in [7, 11) is -10.5. The second-order valence-electron chi connectivity index (χ2n) is 5.52. The lowest BCUT2D eigenvalue weighted by Crippen LogP contribution is -2.38. The number of hydrogen-bond acceptors (Lipinski definition) is 10. The Morgan fingerprint density at radius 1 is 1.39 bits per heavy atom. The molecule has 1 fully saturated rings. The summed E-state index contributed by atoms with van der Waals surface area (Å²) in [5.74, 6) is -0.0426. The Kier molecular flexibility index (Phi) is 7.28. The number of rotatable bonds is 9. The molecular formula is C12H19N3O11P2. The number of aromatic nitrogens is 2. The van der Waals surface area contributed by atoms with Crippen molar-refractivity contribution in [2.75, 3.05) is 18.9 Å². The SMILES string of the molecule is C=CCO[C@H]1[C@H](O)[C@@H](COP(=O)(O)OP(=O)(O)O)O[C@H]1n1ccc(N)nc1=O. The number of aliphatic hydroxyl groups excluding tert-OH is 1. The fourth-order valence-electron chi connectivity index (χ4n) is 2.38. The van der Waals surface area contributed by atoms with Crippen molar-refractivity contribution < 1.29 is 47.2 Å². The van der Waals surface area contributed by atoms with Crippen molar-refractivity contribution in [1.29, 1.82) is 0 Å². The van der Waals surface area contributed by atoms with Gasteiger partial charge in [0.2, 0.25) is 0 Å². The fraction of sp³-hybridized carbons (Fsp3) is 0.500. The number of phosphoric acid groups is 2. The highest BCUT2D eigenvalue weighted by atomic mass is 31.3. The lowest BCUT2D eigenvalue weighted by molar-refractivity contribution is -0.0681. The average molecular weight is 443 g/mol. The highest BCUT2D eigenvalue weighted by molar-refractivity contribution is 7.60. The Morgan fingerprint density at radius 3 is 2.64 bits per heavy atom. The van der Waals surface area contributed by atoms with E-state index >= 15 is 0 Å². The van der Waals surface area contributed by atoms with E-state index in [-0.39, 0.29) is 12.4 Å². The molecule has 5 atom stereocenters. The maximum absolute atomic E-state index is 12.0. The number of ether oxygens (including phenoxy) is 2. The fourth-order valence-corrected chi connectivity index (χ4v) is 3.98. The molecule has 1 aliphatic rings. The summed E-state index contributed by atoms with van der Waals surface area (Å²) in [6.45, 7) is 2.63. The standard InChI is InChI=1S/C12H19N3O11P2/c1-2-5-23-10-9(16)7(6-24-28(21,22)26-27(18,19)20)25-11(10)15-4-3-8(13)14-12(15)17/h2-4,7,9-11,16H,1,5-6H2,(H,21,22)(H2,13,14,17)(H2,18,19,20)/t7-,9-,10+,11-/m1/s1. The first-order valence-corrected chi connectivity index (χ1v) is 10.6. The van der Waals surface area contributed by atoms with Gasteiger partial charge in [-0.2, -0.15) is 9.29 Å². The van der Waals surface area contributed by atoms with Gasteiger partial charge in [-0.25, -0.2) is 13.9 Å². The second kappa shape index (κ2) is 8.93. The molecule has 158 valence electrons. The van der Waals surface area contributed by atoms with Crippen LogP contribution in [0.1, 0.15) is 6.23 Å². The monoisotopic (exact) mass is 443 g/mol. The molecule has 2 rings (SSSR count). The zero-order valence-electron chi connectivity index (χ0n) is 14.2. The van der Waals surface area contributed by atoms with Gasteiger partial charge in [-0.05, 0) is 6.07 Å². The van der Waals surface area contributed by atoms with Crippen LogP contribution in [0.4, 0.5) is 5.82 Å². The topological polar surface area (TPSA) is 213 Å². The van der Waals surface area contributed by atoms with Crippen LogP contribution >= 0.6 is 15.6 Å². The van der Waals surface area contributed by atoms with E-state index in [4.69, 9.17) is 25.0 Å². The number of phosphoric ester groups is 1. The molecule has 28 heavy (non-hydrogen) atoms. The van der Waals surface area contributed by atoms with Crippen molar-refractivity contribution in [3.05, 3.63) is 35.4 Å². The van der Waals surface area contributed by atoms with E-state index in [1.165, 1.54) is 18.3 Å². The minimum absolute atomic E-state index is 0.0217. The number of hydrogen-bond donors (Lipinski definition) is 5. The van der Waals surface area contributed by atoms with Crippen LogP contribution in [-0.4, -0.2) is 60.9 Å². The Bertz CT molecular complexity index is 855. The first-order chi connectivity index (χ1) is 12.9. The van der Waals surface area contributed by atoms with E-state index in [9.17, 15) is 23.9 Å². The summed E-state index contributed by atoms with van der Waals surface area (Å²) < 4.78 is 42.2. The van der Waals surface area contributed by atoms with Gasteiger partial charge in [-0.15, -0.1) is 6.58 Å². The number of nitrogen functional groups attached to an aromatic ring is 1. The predicted molar refractivity (Wildman–Crippen MR) is 91.7 cm³/mol. The van der Waals surface area contributed by atoms with Gasteiger partial charge >= 0.3 is 21.3 Å². The molecule has 1 unspecified atom stereocenters. The summed E-state index contributed by atoms with van der Waals surface area (Å²) in [6, 6.07) is 1.31. The first kappa shape index (κ1) is 22.8. The van der Waals surface area contributed by atoms with Crippen molar-refractivity contribution in [2.45, 2.75) is 24.5 Å². The Hall–Kier alpha value is -1.44. The molecule has 6 N–H and O–H groups in total. The smallest absolute Gasteiger partial charge is 0.387 e. The van der Waals surface area contributed by atoms with Crippen molar-refractivity contribution in [3.63, 3.8) is 0 Å². The van der Waals surface area contributed by atoms with Crippen LogP contribution in [0.3, 0.4) is 0 Å².